The Bertz CT molecular complexity index is 1210. The van der Waals surface area contributed by atoms with Gasteiger partial charge in [0.25, 0.3) is 11.5 Å². The van der Waals surface area contributed by atoms with Crippen LogP contribution in [0.1, 0.15) is 5.56 Å². The van der Waals surface area contributed by atoms with Crippen molar-refractivity contribution in [3.63, 3.8) is 0 Å². The number of benzene rings is 2. The maximum absolute atomic E-state index is 12.4. The van der Waals surface area contributed by atoms with Crippen molar-refractivity contribution in [2.24, 2.45) is 0 Å². The van der Waals surface area contributed by atoms with E-state index in [9.17, 15) is 14.4 Å². The van der Waals surface area contributed by atoms with Gasteiger partial charge in [0.05, 0.1) is 18.4 Å². The number of fused-ring (bicyclic) bond motifs is 2. The minimum absolute atomic E-state index is 0.164. The number of aromatic amines is 1. The lowest BCUT2D eigenvalue weighted by atomic mass is 10.1. The van der Waals surface area contributed by atoms with Gasteiger partial charge in [0, 0.05) is 15.4 Å². The van der Waals surface area contributed by atoms with E-state index in [1.54, 1.807) is 49.6 Å². The lowest BCUT2D eigenvalue weighted by Crippen LogP contribution is -2.42. The summed E-state index contributed by atoms with van der Waals surface area (Å²) < 4.78 is 16.7. The largest absolute Gasteiger partial charge is 0.497 e. The van der Waals surface area contributed by atoms with Crippen LogP contribution in [0.3, 0.4) is 0 Å². The molecule has 30 heavy (non-hydrogen) atoms. The number of anilines is 1. The minimum Gasteiger partial charge on any atom is -0.497 e. The van der Waals surface area contributed by atoms with Crippen LogP contribution in [0, 0.1) is 0 Å². The summed E-state index contributed by atoms with van der Waals surface area (Å²) >= 11 is 3.34. The number of nitrogens with one attached hydrogen (secondary N) is 1. The Morgan fingerprint density at radius 1 is 1.20 bits per heavy atom. The molecule has 3 aromatic rings. The van der Waals surface area contributed by atoms with Crippen LogP contribution in [-0.2, 0) is 20.9 Å². The first-order valence-electron chi connectivity index (χ1n) is 9.03. The summed E-state index contributed by atoms with van der Waals surface area (Å²) in [4.78, 5) is 40.9. The quantitative estimate of drug-likeness (QED) is 0.573. The smallest absolute Gasteiger partial charge is 0.326 e. The molecule has 0 spiro atoms. The van der Waals surface area contributed by atoms with Crippen molar-refractivity contribution < 1.29 is 23.8 Å². The topological polar surface area (TPSA) is 97.9 Å². The Balaban J connectivity index is 1.48. The number of rotatable bonds is 5. The van der Waals surface area contributed by atoms with Gasteiger partial charge >= 0.3 is 5.97 Å². The Kier molecular flexibility index (Phi) is 5.45. The first-order valence-corrected chi connectivity index (χ1v) is 9.82. The van der Waals surface area contributed by atoms with E-state index in [1.165, 1.54) is 4.90 Å². The van der Waals surface area contributed by atoms with Gasteiger partial charge in [-0.25, -0.2) is 0 Å². The zero-order valence-electron chi connectivity index (χ0n) is 15.9. The fourth-order valence-corrected chi connectivity index (χ4v) is 3.49. The van der Waals surface area contributed by atoms with Crippen LogP contribution in [0.2, 0.25) is 0 Å². The standard InChI is InChI=1S/C21H17BrN2O6/c1-28-15-3-4-16-12(7-15)6-13(21(27)23-16)10-30-20(26)9-24-17-5-2-14(22)8-18(17)29-11-19(24)25/h2-8H,9-11H2,1H3,(H,23,27). The molecule has 2 aromatic carbocycles. The van der Waals surface area contributed by atoms with Crippen molar-refractivity contribution in [2.45, 2.75) is 6.61 Å². The molecule has 0 unspecified atom stereocenters. The van der Waals surface area contributed by atoms with Gasteiger partial charge in [0.2, 0.25) is 0 Å². The summed E-state index contributed by atoms with van der Waals surface area (Å²) in [5.41, 5.74) is 1.08. The molecule has 0 saturated carbocycles. The predicted octanol–water partition coefficient (Wildman–Crippen LogP) is 2.77. The molecule has 9 heteroatoms. The van der Waals surface area contributed by atoms with E-state index in [0.717, 1.165) is 9.86 Å². The number of hydrogen-bond donors (Lipinski definition) is 1. The molecular weight excluding hydrogens is 456 g/mol. The number of hydrogen-bond acceptors (Lipinski definition) is 6. The predicted molar refractivity (Wildman–Crippen MR) is 113 cm³/mol. The monoisotopic (exact) mass is 472 g/mol. The molecule has 1 aliphatic heterocycles. The molecule has 1 N–H and O–H groups in total. The average molecular weight is 473 g/mol. The Morgan fingerprint density at radius 3 is 2.83 bits per heavy atom. The SMILES string of the molecule is COc1ccc2[nH]c(=O)c(COC(=O)CN3C(=O)COc4cc(Br)ccc43)cc2c1. The highest BCUT2D eigenvalue weighted by molar-refractivity contribution is 9.10. The third kappa shape index (κ3) is 4.02. The zero-order chi connectivity index (χ0) is 21.3. The zero-order valence-corrected chi connectivity index (χ0v) is 17.5. The maximum atomic E-state index is 12.4. The normalized spacial score (nSPS) is 13.0. The number of esters is 1. The molecule has 154 valence electrons. The Hall–Kier alpha value is -3.33. The van der Waals surface area contributed by atoms with Crippen LogP contribution in [0.15, 0.2) is 51.7 Å². The van der Waals surface area contributed by atoms with Crippen molar-refractivity contribution in [3.8, 4) is 11.5 Å². The second-order valence-electron chi connectivity index (χ2n) is 6.62. The number of pyridine rings is 1. The molecule has 0 bridgehead atoms. The van der Waals surface area contributed by atoms with Gasteiger partial charge in [-0.3, -0.25) is 19.3 Å². The molecule has 0 aliphatic carbocycles. The van der Waals surface area contributed by atoms with Gasteiger partial charge in [-0.1, -0.05) is 15.9 Å². The minimum atomic E-state index is -0.635. The fraction of sp³-hybridized carbons (Fsp3) is 0.190. The van der Waals surface area contributed by atoms with Gasteiger partial charge in [0.1, 0.15) is 24.7 Å². The first-order chi connectivity index (χ1) is 14.4. The first kappa shape index (κ1) is 20.0. The number of carbonyl (C=O) groups excluding carboxylic acids is 2. The lowest BCUT2D eigenvalue weighted by molar-refractivity contribution is -0.144. The number of ether oxygens (including phenoxy) is 3. The second kappa shape index (κ2) is 8.19. The summed E-state index contributed by atoms with van der Waals surface area (Å²) in [6.45, 7) is -0.661. The number of methoxy groups -OCH3 is 1. The van der Waals surface area contributed by atoms with Gasteiger partial charge in [-0.2, -0.15) is 0 Å². The third-order valence-electron chi connectivity index (χ3n) is 4.67. The molecule has 0 saturated heterocycles. The number of halogens is 1. The summed E-state index contributed by atoms with van der Waals surface area (Å²) in [6.07, 6.45) is 0. The van der Waals surface area contributed by atoms with Gasteiger partial charge in [-0.15, -0.1) is 0 Å². The number of aromatic nitrogens is 1. The van der Waals surface area contributed by atoms with Crippen LogP contribution in [-0.4, -0.2) is 37.1 Å². The van der Waals surface area contributed by atoms with E-state index in [0.29, 0.717) is 28.3 Å². The van der Waals surface area contributed by atoms with Crippen molar-refractivity contribution in [1.29, 1.82) is 0 Å². The molecule has 8 nitrogen and oxygen atoms in total. The summed E-state index contributed by atoms with van der Waals surface area (Å²) in [7, 11) is 1.55. The number of carbonyl (C=O) groups is 2. The van der Waals surface area contributed by atoms with E-state index >= 15 is 0 Å². The summed E-state index contributed by atoms with van der Waals surface area (Å²) in [5.74, 6) is 0.159. The average Bonchev–Trinajstić information content (AvgIpc) is 2.74. The van der Waals surface area contributed by atoms with Crippen molar-refractivity contribution in [1.82, 2.24) is 4.98 Å². The highest BCUT2D eigenvalue weighted by Gasteiger charge is 2.28. The third-order valence-corrected chi connectivity index (χ3v) is 5.16. The van der Waals surface area contributed by atoms with Crippen molar-refractivity contribution in [3.05, 3.63) is 62.9 Å². The Labute approximate surface area is 179 Å². The van der Waals surface area contributed by atoms with Crippen LogP contribution in [0.5, 0.6) is 11.5 Å². The highest BCUT2D eigenvalue weighted by Crippen LogP contribution is 2.34. The van der Waals surface area contributed by atoms with E-state index in [-0.39, 0.29) is 31.2 Å². The van der Waals surface area contributed by atoms with Crippen LogP contribution in [0.25, 0.3) is 10.9 Å². The molecular formula is C21H17BrN2O6. The summed E-state index contributed by atoms with van der Waals surface area (Å²) in [6, 6.07) is 12.1. The number of nitrogens with zero attached hydrogens (tertiary/aromatic N) is 1. The molecule has 2 heterocycles. The van der Waals surface area contributed by atoms with E-state index < -0.39 is 5.97 Å². The molecule has 0 fully saturated rings. The molecule has 1 aromatic heterocycles. The van der Waals surface area contributed by atoms with Gasteiger partial charge < -0.3 is 19.2 Å². The van der Waals surface area contributed by atoms with Gasteiger partial charge in [0.15, 0.2) is 6.61 Å². The molecule has 0 radical (unpaired) electrons. The number of amides is 1. The van der Waals surface area contributed by atoms with Crippen LogP contribution < -0.4 is 19.9 Å². The lowest BCUT2D eigenvalue weighted by Gasteiger charge is -2.28. The molecule has 1 aliphatic rings. The summed E-state index contributed by atoms with van der Waals surface area (Å²) in [5, 5.41) is 0.753. The fourth-order valence-electron chi connectivity index (χ4n) is 3.15. The molecule has 0 atom stereocenters. The van der Waals surface area contributed by atoms with E-state index in [1.807, 2.05) is 0 Å². The van der Waals surface area contributed by atoms with E-state index in [2.05, 4.69) is 20.9 Å². The van der Waals surface area contributed by atoms with Crippen molar-refractivity contribution in [2.75, 3.05) is 25.2 Å². The highest BCUT2D eigenvalue weighted by atomic mass is 79.9. The Morgan fingerprint density at radius 2 is 2.03 bits per heavy atom. The van der Waals surface area contributed by atoms with Gasteiger partial charge in [-0.05, 0) is 42.5 Å². The molecule has 1 amide bonds. The number of H-pyrrole nitrogens is 1. The van der Waals surface area contributed by atoms with Crippen molar-refractivity contribution >= 4 is 44.4 Å². The van der Waals surface area contributed by atoms with Crippen LogP contribution >= 0.6 is 15.9 Å². The molecule has 4 rings (SSSR count). The van der Waals surface area contributed by atoms with E-state index in [4.69, 9.17) is 14.2 Å². The maximum Gasteiger partial charge on any atom is 0.326 e. The van der Waals surface area contributed by atoms with Crippen LogP contribution in [0.4, 0.5) is 5.69 Å². The second-order valence-corrected chi connectivity index (χ2v) is 7.53.